The number of nitrogens with one attached hydrogen (secondary N) is 1. The number of ether oxygens (including phenoxy) is 1. The maximum atomic E-state index is 13.7. The molecule has 1 aliphatic rings. The monoisotopic (exact) mass is 415 g/mol. The number of hydrogen-bond donors (Lipinski definition) is 1. The summed E-state index contributed by atoms with van der Waals surface area (Å²) in [5.41, 5.74) is 1.94. The molecule has 2 aromatic carbocycles. The SMILES string of the molecule is COCCN1C(=O)C(CC(=O)Nc2ccccc2F)SC1=Nc1ccc(C)cc1. The first kappa shape index (κ1) is 21.0. The summed E-state index contributed by atoms with van der Waals surface area (Å²) < 4.78 is 18.8. The zero-order valence-electron chi connectivity index (χ0n) is 16.2. The minimum absolute atomic E-state index is 0.0752. The van der Waals surface area contributed by atoms with Crippen molar-refractivity contribution in [2.45, 2.75) is 18.6 Å². The van der Waals surface area contributed by atoms with Gasteiger partial charge in [0.15, 0.2) is 5.17 Å². The van der Waals surface area contributed by atoms with E-state index in [1.807, 2.05) is 31.2 Å². The van der Waals surface area contributed by atoms with Crippen molar-refractivity contribution in [1.82, 2.24) is 4.90 Å². The van der Waals surface area contributed by atoms with Crippen LogP contribution in [0.3, 0.4) is 0 Å². The van der Waals surface area contributed by atoms with Crippen LogP contribution in [-0.4, -0.2) is 47.4 Å². The van der Waals surface area contributed by atoms with Crippen molar-refractivity contribution in [3.63, 3.8) is 0 Å². The molecule has 0 bridgehead atoms. The van der Waals surface area contributed by atoms with Gasteiger partial charge in [-0.3, -0.25) is 14.5 Å². The minimum atomic E-state index is -0.622. The molecule has 1 N–H and O–H groups in total. The van der Waals surface area contributed by atoms with Crippen LogP contribution in [0.25, 0.3) is 0 Å². The highest BCUT2D eigenvalue weighted by molar-refractivity contribution is 8.15. The molecule has 1 unspecified atom stereocenters. The third-order valence-electron chi connectivity index (χ3n) is 4.32. The van der Waals surface area contributed by atoms with Gasteiger partial charge in [-0.05, 0) is 31.2 Å². The van der Waals surface area contributed by atoms with E-state index < -0.39 is 17.0 Å². The predicted octanol–water partition coefficient (Wildman–Crippen LogP) is 3.74. The summed E-state index contributed by atoms with van der Waals surface area (Å²) >= 11 is 1.24. The fourth-order valence-electron chi connectivity index (χ4n) is 2.78. The Morgan fingerprint density at radius 2 is 1.97 bits per heavy atom. The standard InChI is InChI=1S/C21H22FN3O3S/c1-14-7-9-15(10-8-14)23-21-25(11-12-28-2)20(27)18(29-21)13-19(26)24-17-6-4-3-5-16(17)22/h3-10,18H,11-13H2,1-2H3,(H,24,26). The topological polar surface area (TPSA) is 71.0 Å². The maximum absolute atomic E-state index is 13.7. The Labute approximate surface area is 173 Å². The Hall–Kier alpha value is -2.71. The predicted molar refractivity (Wildman–Crippen MR) is 113 cm³/mol. The number of hydrogen-bond acceptors (Lipinski definition) is 5. The number of amidine groups is 1. The first-order chi connectivity index (χ1) is 14.0. The van der Waals surface area contributed by atoms with Crippen LogP contribution in [0.15, 0.2) is 53.5 Å². The molecule has 29 heavy (non-hydrogen) atoms. The van der Waals surface area contributed by atoms with Crippen LogP contribution in [0.1, 0.15) is 12.0 Å². The third-order valence-corrected chi connectivity index (χ3v) is 5.49. The Morgan fingerprint density at radius 3 is 2.66 bits per heavy atom. The summed E-state index contributed by atoms with van der Waals surface area (Å²) in [6.07, 6.45) is -0.0752. The highest BCUT2D eigenvalue weighted by Gasteiger charge is 2.39. The van der Waals surface area contributed by atoms with Gasteiger partial charge in [0.1, 0.15) is 11.1 Å². The van der Waals surface area contributed by atoms with Crippen molar-refractivity contribution in [3.8, 4) is 0 Å². The lowest BCUT2D eigenvalue weighted by Gasteiger charge is -2.15. The van der Waals surface area contributed by atoms with Crippen molar-refractivity contribution in [3.05, 3.63) is 59.9 Å². The number of methoxy groups -OCH3 is 1. The molecule has 0 aromatic heterocycles. The fraction of sp³-hybridized carbons (Fsp3) is 0.286. The van der Waals surface area contributed by atoms with Crippen LogP contribution in [0.4, 0.5) is 15.8 Å². The van der Waals surface area contributed by atoms with Gasteiger partial charge in [-0.2, -0.15) is 0 Å². The number of halogens is 1. The normalized spacial score (nSPS) is 17.8. The van der Waals surface area contributed by atoms with Crippen LogP contribution in [0, 0.1) is 12.7 Å². The van der Waals surface area contributed by atoms with Crippen molar-refractivity contribution in [2.75, 3.05) is 25.6 Å². The number of para-hydroxylation sites is 1. The second kappa shape index (κ2) is 9.67. The van der Waals surface area contributed by atoms with Crippen molar-refractivity contribution >= 4 is 40.1 Å². The second-order valence-electron chi connectivity index (χ2n) is 6.55. The van der Waals surface area contributed by atoms with E-state index in [1.54, 1.807) is 19.2 Å². The van der Waals surface area contributed by atoms with Crippen LogP contribution in [-0.2, 0) is 14.3 Å². The summed E-state index contributed by atoms with van der Waals surface area (Å²) in [7, 11) is 1.56. The number of carbonyl (C=O) groups excluding carboxylic acids is 2. The van der Waals surface area contributed by atoms with Crippen LogP contribution < -0.4 is 5.32 Å². The van der Waals surface area contributed by atoms with Crippen LogP contribution in [0.5, 0.6) is 0 Å². The van der Waals surface area contributed by atoms with Gasteiger partial charge >= 0.3 is 0 Å². The van der Waals surface area contributed by atoms with E-state index in [4.69, 9.17) is 4.74 Å². The Kier molecular flexibility index (Phi) is 7.00. The first-order valence-corrected chi connectivity index (χ1v) is 10.0. The number of amides is 2. The molecule has 0 spiro atoms. The number of aryl methyl sites for hydroxylation is 1. The molecule has 1 fully saturated rings. The van der Waals surface area contributed by atoms with Gasteiger partial charge in [0.2, 0.25) is 11.8 Å². The molecule has 2 amide bonds. The van der Waals surface area contributed by atoms with E-state index >= 15 is 0 Å². The molecule has 1 saturated heterocycles. The van der Waals surface area contributed by atoms with Gasteiger partial charge < -0.3 is 10.1 Å². The zero-order chi connectivity index (χ0) is 20.8. The van der Waals surface area contributed by atoms with E-state index in [0.29, 0.717) is 18.3 Å². The molecular weight excluding hydrogens is 393 g/mol. The molecule has 8 heteroatoms. The zero-order valence-corrected chi connectivity index (χ0v) is 17.0. The van der Waals surface area contributed by atoms with Gasteiger partial charge in [0.25, 0.3) is 0 Å². The lowest BCUT2D eigenvalue weighted by molar-refractivity contribution is -0.128. The Balaban J connectivity index is 1.74. The average molecular weight is 415 g/mol. The quantitative estimate of drug-likeness (QED) is 0.748. The summed E-state index contributed by atoms with van der Waals surface area (Å²) in [4.78, 5) is 31.3. The largest absolute Gasteiger partial charge is 0.383 e. The second-order valence-corrected chi connectivity index (χ2v) is 7.72. The number of rotatable bonds is 7. The number of nitrogens with zero attached hydrogens (tertiary/aromatic N) is 2. The van der Waals surface area contributed by atoms with E-state index in [9.17, 15) is 14.0 Å². The highest BCUT2D eigenvalue weighted by Crippen LogP contribution is 2.32. The van der Waals surface area contributed by atoms with Gasteiger partial charge in [0, 0.05) is 13.5 Å². The number of benzene rings is 2. The van der Waals surface area contributed by atoms with Gasteiger partial charge in [-0.1, -0.05) is 41.6 Å². The van der Waals surface area contributed by atoms with Crippen LogP contribution >= 0.6 is 11.8 Å². The summed E-state index contributed by atoms with van der Waals surface area (Å²) in [6, 6.07) is 13.6. The summed E-state index contributed by atoms with van der Waals surface area (Å²) in [6.45, 7) is 2.69. The number of carbonyl (C=O) groups is 2. The van der Waals surface area contributed by atoms with E-state index in [0.717, 1.165) is 11.3 Å². The molecule has 0 saturated carbocycles. The molecular formula is C21H22FN3O3S. The minimum Gasteiger partial charge on any atom is -0.383 e. The molecule has 0 aliphatic carbocycles. The third kappa shape index (κ3) is 5.42. The van der Waals surface area contributed by atoms with E-state index in [-0.39, 0.29) is 18.0 Å². The Morgan fingerprint density at radius 1 is 1.24 bits per heavy atom. The average Bonchev–Trinajstić information content (AvgIpc) is 2.98. The van der Waals surface area contributed by atoms with Gasteiger partial charge in [-0.25, -0.2) is 9.38 Å². The molecule has 0 radical (unpaired) electrons. The number of anilines is 1. The lowest BCUT2D eigenvalue weighted by Crippen LogP contribution is -2.35. The lowest BCUT2D eigenvalue weighted by atomic mass is 10.2. The molecule has 3 rings (SSSR count). The van der Waals surface area contributed by atoms with Gasteiger partial charge in [-0.15, -0.1) is 0 Å². The summed E-state index contributed by atoms with van der Waals surface area (Å²) in [5, 5.41) is 2.43. The fourth-order valence-corrected chi connectivity index (χ4v) is 3.96. The van der Waals surface area contributed by atoms with Crippen molar-refractivity contribution < 1.29 is 18.7 Å². The molecule has 6 nitrogen and oxygen atoms in total. The smallest absolute Gasteiger partial charge is 0.242 e. The number of aliphatic imine (C=N–C) groups is 1. The van der Waals surface area contributed by atoms with Gasteiger partial charge in [0.05, 0.1) is 24.5 Å². The first-order valence-electron chi connectivity index (χ1n) is 9.14. The number of thioether (sulfide) groups is 1. The molecule has 152 valence electrons. The van der Waals surface area contributed by atoms with Crippen molar-refractivity contribution in [1.29, 1.82) is 0 Å². The van der Waals surface area contributed by atoms with E-state index in [2.05, 4.69) is 10.3 Å². The van der Waals surface area contributed by atoms with Crippen LogP contribution in [0.2, 0.25) is 0 Å². The molecule has 1 atom stereocenters. The summed E-state index contributed by atoms with van der Waals surface area (Å²) in [5.74, 6) is -1.15. The van der Waals surface area contributed by atoms with Crippen molar-refractivity contribution in [2.24, 2.45) is 4.99 Å². The van der Waals surface area contributed by atoms with E-state index in [1.165, 1.54) is 28.8 Å². The Bertz CT molecular complexity index is 918. The maximum Gasteiger partial charge on any atom is 0.242 e. The highest BCUT2D eigenvalue weighted by atomic mass is 32.2. The molecule has 1 aliphatic heterocycles. The molecule has 2 aromatic rings. The molecule has 1 heterocycles.